The van der Waals surface area contributed by atoms with Crippen molar-refractivity contribution in [3.05, 3.63) is 29.3 Å². The second-order valence-electron chi connectivity index (χ2n) is 7.67. The van der Waals surface area contributed by atoms with Gasteiger partial charge < -0.3 is 10.6 Å². The second-order valence-corrected chi connectivity index (χ2v) is 7.67. The number of hydrogen-bond acceptors (Lipinski definition) is 3. The molecule has 1 aromatic carbocycles. The molecule has 0 bridgehead atoms. The summed E-state index contributed by atoms with van der Waals surface area (Å²) in [4.78, 5) is 38.8. The molecule has 1 aliphatic rings. The van der Waals surface area contributed by atoms with Gasteiger partial charge in [-0.15, -0.1) is 0 Å². The molecular formula is C22H33N3O3. The minimum Gasteiger partial charge on any atom is -0.324 e. The number of aryl methyl sites for hydroxylation is 2. The van der Waals surface area contributed by atoms with Gasteiger partial charge in [-0.3, -0.25) is 14.5 Å². The van der Waals surface area contributed by atoms with E-state index in [0.717, 1.165) is 60.2 Å². The third-order valence-corrected chi connectivity index (χ3v) is 5.44. The average Bonchev–Trinajstić information content (AvgIpc) is 2.88. The van der Waals surface area contributed by atoms with E-state index in [4.69, 9.17) is 0 Å². The van der Waals surface area contributed by atoms with Crippen LogP contribution in [-0.2, 0) is 22.4 Å². The van der Waals surface area contributed by atoms with Crippen LogP contribution in [0.3, 0.4) is 0 Å². The smallest absolute Gasteiger partial charge is 0.324 e. The molecule has 1 saturated heterocycles. The van der Waals surface area contributed by atoms with Crippen molar-refractivity contribution < 1.29 is 14.4 Å². The minimum absolute atomic E-state index is 0.267. The maximum Gasteiger partial charge on any atom is 0.325 e. The van der Waals surface area contributed by atoms with Crippen LogP contribution in [0.15, 0.2) is 18.2 Å². The van der Waals surface area contributed by atoms with Gasteiger partial charge in [0.05, 0.1) is 0 Å². The first kappa shape index (κ1) is 21.9. The van der Waals surface area contributed by atoms with Gasteiger partial charge in [0.2, 0.25) is 5.91 Å². The van der Waals surface area contributed by atoms with Crippen molar-refractivity contribution in [3.8, 4) is 0 Å². The Hall–Kier alpha value is -2.37. The number of carbonyl (C=O) groups excluding carboxylic acids is 3. The highest BCUT2D eigenvalue weighted by molar-refractivity contribution is 6.10. The number of para-hydroxylation sites is 1. The van der Waals surface area contributed by atoms with Gasteiger partial charge >= 0.3 is 6.03 Å². The lowest BCUT2D eigenvalue weighted by Gasteiger charge is -2.21. The molecule has 0 aromatic heterocycles. The third-order valence-electron chi connectivity index (χ3n) is 5.44. The Labute approximate surface area is 168 Å². The molecule has 0 aliphatic carbocycles. The molecule has 0 radical (unpaired) electrons. The Balaban J connectivity index is 2.04. The number of anilines is 1. The fraction of sp³-hybridized carbons (Fsp3) is 0.591. The molecule has 6 nitrogen and oxygen atoms in total. The molecule has 2 rings (SSSR count). The van der Waals surface area contributed by atoms with Crippen LogP contribution >= 0.6 is 0 Å². The molecule has 1 atom stereocenters. The zero-order valence-corrected chi connectivity index (χ0v) is 17.6. The molecule has 2 N–H and O–H groups in total. The number of hydrogen-bond donors (Lipinski definition) is 2. The van der Waals surface area contributed by atoms with Crippen molar-refractivity contribution in [3.63, 3.8) is 0 Å². The standard InChI is InChI=1S/C22H33N3O3/c1-5-8-9-10-14-22(4)20(27)25(21(28)24-22)15-18(26)23-19-16(6-2)12-11-13-17(19)7-3/h11-13H,5-10,14-15H2,1-4H3,(H,23,26)(H,24,28)/t22-/m1/s1. The van der Waals surface area contributed by atoms with Crippen LogP contribution in [0.5, 0.6) is 0 Å². The summed E-state index contributed by atoms with van der Waals surface area (Å²) in [5.74, 6) is -0.669. The zero-order valence-electron chi connectivity index (χ0n) is 17.6. The molecule has 0 spiro atoms. The molecule has 6 heteroatoms. The van der Waals surface area contributed by atoms with Crippen LogP contribution in [-0.4, -0.2) is 34.8 Å². The van der Waals surface area contributed by atoms with E-state index in [1.54, 1.807) is 6.92 Å². The molecule has 154 valence electrons. The summed E-state index contributed by atoms with van der Waals surface area (Å²) in [7, 11) is 0. The van der Waals surface area contributed by atoms with Gasteiger partial charge in [0.1, 0.15) is 12.1 Å². The topological polar surface area (TPSA) is 78.5 Å². The number of nitrogens with zero attached hydrogens (tertiary/aromatic N) is 1. The van der Waals surface area contributed by atoms with Crippen molar-refractivity contribution in [2.24, 2.45) is 0 Å². The predicted molar refractivity (Wildman–Crippen MR) is 111 cm³/mol. The SMILES string of the molecule is CCCCCC[C@@]1(C)NC(=O)N(CC(=O)Nc2c(CC)cccc2CC)C1=O. The number of benzene rings is 1. The normalized spacial score (nSPS) is 19.1. The van der Waals surface area contributed by atoms with Gasteiger partial charge in [-0.25, -0.2) is 4.79 Å². The highest BCUT2D eigenvalue weighted by atomic mass is 16.2. The number of rotatable bonds is 10. The predicted octanol–water partition coefficient (Wildman–Crippen LogP) is 4.03. The lowest BCUT2D eigenvalue weighted by Crippen LogP contribution is -2.44. The maximum atomic E-state index is 12.8. The first-order valence-electron chi connectivity index (χ1n) is 10.4. The van der Waals surface area contributed by atoms with E-state index in [-0.39, 0.29) is 18.4 Å². The van der Waals surface area contributed by atoms with Crippen LogP contribution in [0.1, 0.15) is 70.9 Å². The van der Waals surface area contributed by atoms with Gasteiger partial charge in [0, 0.05) is 5.69 Å². The lowest BCUT2D eigenvalue weighted by molar-refractivity contribution is -0.133. The van der Waals surface area contributed by atoms with Gasteiger partial charge in [-0.1, -0.05) is 64.7 Å². The van der Waals surface area contributed by atoms with Crippen LogP contribution < -0.4 is 10.6 Å². The molecule has 1 heterocycles. The van der Waals surface area contributed by atoms with Crippen molar-refractivity contribution in [1.29, 1.82) is 0 Å². The lowest BCUT2D eigenvalue weighted by atomic mass is 9.94. The Bertz CT molecular complexity index is 709. The van der Waals surface area contributed by atoms with Crippen molar-refractivity contribution in [2.45, 2.75) is 78.2 Å². The van der Waals surface area contributed by atoms with E-state index < -0.39 is 11.6 Å². The molecule has 0 unspecified atom stereocenters. The molecule has 28 heavy (non-hydrogen) atoms. The van der Waals surface area contributed by atoms with Crippen LogP contribution in [0.4, 0.5) is 10.5 Å². The fourth-order valence-electron chi connectivity index (χ4n) is 3.69. The Morgan fingerprint density at radius 1 is 1.07 bits per heavy atom. The maximum absolute atomic E-state index is 12.8. The summed E-state index contributed by atoms with van der Waals surface area (Å²) in [5.41, 5.74) is 1.98. The average molecular weight is 388 g/mol. The van der Waals surface area contributed by atoms with Crippen LogP contribution in [0.2, 0.25) is 0 Å². The summed E-state index contributed by atoms with van der Waals surface area (Å²) in [6.45, 7) is 7.68. The van der Waals surface area contributed by atoms with Gasteiger partial charge in [-0.05, 0) is 37.3 Å². The highest BCUT2D eigenvalue weighted by Crippen LogP contribution is 2.25. The summed E-state index contributed by atoms with van der Waals surface area (Å²) in [5, 5.41) is 5.70. The summed E-state index contributed by atoms with van der Waals surface area (Å²) >= 11 is 0. The van der Waals surface area contributed by atoms with E-state index in [0.29, 0.717) is 6.42 Å². The molecule has 4 amide bonds. The van der Waals surface area contributed by atoms with Gasteiger partial charge in [0.25, 0.3) is 5.91 Å². The molecule has 1 fully saturated rings. The number of amides is 4. The molecule has 1 aromatic rings. The second kappa shape index (κ2) is 9.71. The number of urea groups is 1. The Kier molecular flexibility index (Phi) is 7.61. The zero-order chi connectivity index (χ0) is 20.7. The van der Waals surface area contributed by atoms with Crippen LogP contribution in [0.25, 0.3) is 0 Å². The number of unbranched alkanes of at least 4 members (excludes halogenated alkanes) is 3. The van der Waals surface area contributed by atoms with E-state index in [9.17, 15) is 14.4 Å². The van der Waals surface area contributed by atoms with E-state index in [2.05, 4.69) is 17.6 Å². The molecular weight excluding hydrogens is 354 g/mol. The van der Waals surface area contributed by atoms with E-state index in [1.165, 1.54) is 0 Å². The van der Waals surface area contributed by atoms with Gasteiger partial charge in [0.15, 0.2) is 0 Å². The minimum atomic E-state index is -0.916. The highest BCUT2D eigenvalue weighted by Gasteiger charge is 2.47. The fourth-order valence-corrected chi connectivity index (χ4v) is 3.69. The van der Waals surface area contributed by atoms with Gasteiger partial charge in [-0.2, -0.15) is 0 Å². The number of nitrogens with one attached hydrogen (secondary N) is 2. The quantitative estimate of drug-likeness (QED) is 0.470. The summed E-state index contributed by atoms with van der Waals surface area (Å²) < 4.78 is 0. The first-order valence-corrected chi connectivity index (χ1v) is 10.4. The van der Waals surface area contributed by atoms with Crippen molar-refractivity contribution in [2.75, 3.05) is 11.9 Å². The largest absolute Gasteiger partial charge is 0.325 e. The van der Waals surface area contributed by atoms with E-state index >= 15 is 0 Å². The number of carbonyl (C=O) groups is 3. The molecule has 0 saturated carbocycles. The van der Waals surface area contributed by atoms with Crippen molar-refractivity contribution in [1.82, 2.24) is 10.2 Å². The Morgan fingerprint density at radius 2 is 1.71 bits per heavy atom. The summed E-state index contributed by atoms with van der Waals surface area (Å²) in [6, 6.07) is 5.46. The Morgan fingerprint density at radius 3 is 2.29 bits per heavy atom. The number of imide groups is 1. The van der Waals surface area contributed by atoms with Crippen molar-refractivity contribution >= 4 is 23.5 Å². The summed E-state index contributed by atoms with van der Waals surface area (Å²) in [6.07, 6.45) is 6.31. The van der Waals surface area contributed by atoms with Crippen LogP contribution in [0, 0.1) is 0 Å². The first-order chi connectivity index (χ1) is 13.4. The van der Waals surface area contributed by atoms with E-state index in [1.807, 2.05) is 32.0 Å². The monoisotopic (exact) mass is 387 g/mol. The molecule has 1 aliphatic heterocycles. The third kappa shape index (κ3) is 4.91.